The summed E-state index contributed by atoms with van der Waals surface area (Å²) in [6.07, 6.45) is 0. The summed E-state index contributed by atoms with van der Waals surface area (Å²) in [6, 6.07) is 82.2. The van der Waals surface area contributed by atoms with Crippen molar-refractivity contribution in [3.63, 3.8) is 0 Å². The maximum Gasteiger partial charge on any atom is 0.101 e. The Morgan fingerprint density at radius 1 is 0.393 bits per heavy atom. The van der Waals surface area contributed by atoms with Crippen molar-refractivity contribution in [1.82, 2.24) is 4.57 Å². The van der Waals surface area contributed by atoms with Gasteiger partial charge in [-0.15, -0.1) is 0 Å². The van der Waals surface area contributed by atoms with E-state index in [0.29, 0.717) is 0 Å². The number of hydrogen-bond donors (Lipinski definition) is 0. The van der Waals surface area contributed by atoms with Crippen LogP contribution >= 0.6 is 0 Å². The minimum Gasteiger partial charge on any atom is -0.310 e. The third-order valence-corrected chi connectivity index (χ3v) is 16.7. The molecule has 0 saturated heterocycles. The molecular weight excluding hydrogens is 753 g/mol. The van der Waals surface area contributed by atoms with Crippen LogP contribution in [0.4, 0.5) is 17.1 Å². The van der Waals surface area contributed by atoms with Gasteiger partial charge in [0.15, 0.2) is 0 Å². The molecule has 10 aromatic carbocycles. The highest BCUT2D eigenvalue weighted by Crippen LogP contribution is 2.56. The molecule has 0 bridgehead atoms. The lowest BCUT2D eigenvalue weighted by Crippen LogP contribution is -2.56. The van der Waals surface area contributed by atoms with Crippen LogP contribution in [0.1, 0.15) is 22.3 Å². The Kier molecular flexibility index (Phi) is 7.34. The number of fused-ring (bicyclic) bond motifs is 12. The Morgan fingerprint density at radius 2 is 1.00 bits per heavy atom. The van der Waals surface area contributed by atoms with Crippen molar-refractivity contribution in [3.05, 3.63) is 241 Å². The van der Waals surface area contributed by atoms with Gasteiger partial charge in [0, 0.05) is 33.5 Å². The molecule has 286 valence electrons. The van der Waals surface area contributed by atoms with Crippen molar-refractivity contribution in [2.24, 2.45) is 0 Å². The van der Waals surface area contributed by atoms with Gasteiger partial charge in [0.1, 0.15) is 8.80 Å². The highest BCUT2D eigenvalue weighted by molar-refractivity contribution is 6.85. The predicted molar refractivity (Wildman–Crippen MR) is 260 cm³/mol. The Hall–Kier alpha value is -7.46. The fourth-order valence-electron chi connectivity index (χ4n) is 11.3. The van der Waals surface area contributed by atoms with E-state index in [1.54, 1.807) is 0 Å². The maximum atomic E-state index is 2.57. The highest BCUT2D eigenvalue weighted by Gasteiger charge is 2.49. The van der Waals surface area contributed by atoms with Gasteiger partial charge in [-0.25, -0.2) is 0 Å². The minimum atomic E-state index is -1.70. The molecule has 0 amide bonds. The zero-order valence-electron chi connectivity index (χ0n) is 33.8. The lowest BCUT2D eigenvalue weighted by Gasteiger charge is -2.47. The Morgan fingerprint density at radius 3 is 1.90 bits per heavy atom. The van der Waals surface area contributed by atoms with E-state index >= 15 is 0 Å². The average molecular weight is 793 g/mol. The van der Waals surface area contributed by atoms with E-state index < -0.39 is 14.2 Å². The van der Waals surface area contributed by atoms with Gasteiger partial charge in [-0.2, -0.15) is 0 Å². The Balaban J connectivity index is 1.10. The summed E-state index contributed by atoms with van der Waals surface area (Å²) in [5.74, 6) is 0. The Bertz CT molecular complexity index is 3580. The van der Waals surface area contributed by atoms with E-state index in [1.165, 1.54) is 92.8 Å². The normalized spacial score (nSPS) is 16.2. The lowest BCUT2D eigenvalue weighted by molar-refractivity contribution is 0.755. The summed E-state index contributed by atoms with van der Waals surface area (Å²) in [6.45, 7) is 2.54. The summed E-state index contributed by atoms with van der Waals surface area (Å²) in [7, 11) is -1.70. The molecule has 2 heterocycles. The molecule has 1 aliphatic heterocycles. The van der Waals surface area contributed by atoms with Crippen LogP contribution in [0.15, 0.2) is 218 Å². The fraction of sp³-hybridized carbons (Fsp3) is 0.0345. The smallest absolute Gasteiger partial charge is 0.101 e. The van der Waals surface area contributed by atoms with E-state index in [1.807, 2.05) is 0 Å². The molecule has 13 rings (SSSR count). The Labute approximate surface area is 356 Å². The van der Waals surface area contributed by atoms with Crippen molar-refractivity contribution in [1.29, 1.82) is 0 Å². The third kappa shape index (κ3) is 4.78. The highest BCUT2D eigenvalue weighted by atomic mass is 28.3. The third-order valence-electron chi connectivity index (χ3n) is 13.8. The molecule has 0 fully saturated rings. The molecule has 61 heavy (non-hydrogen) atoms. The molecule has 2 nitrogen and oxygen atoms in total. The SMILES string of the molecule is C[SiH]1c2ccccc2C2(c3ccccc3-c3cccc4cccc2c34)c2ccc(N(c3ccc4ccccc4c3)c3ccc4c5ccccc5n(-c5ccccc5)c4c3)cc21. The first-order valence-corrected chi connectivity index (χ1v) is 23.7. The van der Waals surface area contributed by atoms with Gasteiger partial charge in [0.05, 0.1) is 16.4 Å². The molecule has 0 saturated carbocycles. The van der Waals surface area contributed by atoms with Crippen LogP contribution < -0.4 is 15.3 Å². The van der Waals surface area contributed by atoms with Gasteiger partial charge < -0.3 is 9.47 Å². The molecule has 2 aliphatic rings. The molecule has 0 radical (unpaired) electrons. The molecule has 1 aromatic heterocycles. The van der Waals surface area contributed by atoms with Gasteiger partial charge in [-0.3, -0.25) is 0 Å². The number of nitrogens with zero attached hydrogens (tertiary/aromatic N) is 2. The van der Waals surface area contributed by atoms with E-state index in [2.05, 4.69) is 234 Å². The minimum absolute atomic E-state index is 0.461. The van der Waals surface area contributed by atoms with Gasteiger partial charge >= 0.3 is 0 Å². The zero-order chi connectivity index (χ0) is 40.2. The fourth-order valence-corrected chi connectivity index (χ4v) is 14.0. The van der Waals surface area contributed by atoms with Crippen LogP contribution in [-0.2, 0) is 5.41 Å². The van der Waals surface area contributed by atoms with Crippen LogP contribution in [0.3, 0.4) is 0 Å². The standard InChI is InChI=1S/C58H40N2Si/c1-61-55-28-12-10-25-50(55)58(49-24-9-7-21-45(49)48-23-13-17-39-18-14-26-52(58)57(39)48)51-34-32-44(37-56(51)61)59(42-30-29-38-15-5-6-16-40(38)35-42)43-31-33-47-46-22-8-11-27-53(46)60(54(47)36-43)41-19-3-2-4-20-41/h2-37,61H,1H3. The number of para-hydroxylation sites is 2. The van der Waals surface area contributed by atoms with Crippen molar-refractivity contribution >= 4 is 79.6 Å². The second kappa shape index (κ2) is 13.0. The van der Waals surface area contributed by atoms with Crippen LogP contribution in [-0.4, -0.2) is 13.4 Å². The largest absolute Gasteiger partial charge is 0.310 e. The van der Waals surface area contributed by atoms with Crippen molar-refractivity contribution < 1.29 is 0 Å². The van der Waals surface area contributed by atoms with Crippen LogP contribution in [0.25, 0.3) is 60.2 Å². The van der Waals surface area contributed by atoms with E-state index in [4.69, 9.17) is 0 Å². The first-order valence-electron chi connectivity index (χ1n) is 21.4. The van der Waals surface area contributed by atoms with Gasteiger partial charge in [-0.1, -0.05) is 181 Å². The second-order valence-corrected chi connectivity index (χ2v) is 19.5. The topological polar surface area (TPSA) is 8.17 Å². The molecular formula is C58H40N2Si. The average Bonchev–Trinajstić information content (AvgIpc) is 3.66. The van der Waals surface area contributed by atoms with Crippen molar-refractivity contribution in [2.75, 3.05) is 4.90 Å². The molecule has 1 spiro atoms. The quantitative estimate of drug-likeness (QED) is 0.161. The van der Waals surface area contributed by atoms with E-state index in [-0.39, 0.29) is 0 Å². The van der Waals surface area contributed by atoms with Gasteiger partial charge in [0.2, 0.25) is 0 Å². The zero-order valence-corrected chi connectivity index (χ0v) is 34.9. The molecule has 2 atom stereocenters. The molecule has 2 unspecified atom stereocenters. The first kappa shape index (κ1) is 34.4. The van der Waals surface area contributed by atoms with E-state index in [0.717, 1.165) is 17.1 Å². The van der Waals surface area contributed by atoms with Crippen molar-refractivity contribution in [3.8, 4) is 16.8 Å². The first-order chi connectivity index (χ1) is 30.2. The summed E-state index contributed by atoms with van der Waals surface area (Å²) in [5, 5.41) is 10.6. The van der Waals surface area contributed by atoms with E-state index in [9.17, 15) is 0 Å². The van der Waals surface area contributed by atoms with Crippen LogP contribution in [0, 0.1) is 0 Å². The number of anilines is 3. The predicted octanol–water partition coefficient (Wildman–Crippen LogP) is 13.2. The molecule has 3 heteroatoms. The summed E-state index contributed by atoms with van der Waals surface area (Å²) in [4.78, 5) is 2.50. The summed E-state index contributed by atoms with van der Waals surface area (Å²) < 4.78 is 2.42. The van der Waals surface area contributed by atoms with Crippen LogP contribution in [0.5, 0.6) is 0 Å². The van der Waals surface area contributed by atoms with Gasteiger partial charge in [-0.05, 0) is 110 Å². The summed E-state index contributed by atoms with van der Waals surface area (Å²) in [5.41, 5.74) is 14.8. The lowest BCUT2D eigenvalue weighted by atomic mass is 9.59. The number of benzene rings is 10. The van der Waals surface area contributed by atoms with Crippen LogP contribution in [0.2, 0.25) is 6.55 Å². The molecule has 0 N–H and O–H groups in total. The van der Waals surface area contributed by atoms with Gasteiger partial charge in [0.25, 0.3) is 0 Å². The second-order valence-electron chi connectivity index (χ2n) is 16.8. The monoisotopic (exact) mass is 792 g/mol. The van der Waals surface area contributed by atoms with Crippen molar-refractivity contribution in [2.45, 2.75) is 12.0 Å². The number of rotatable bonds is 4. The molecule has 11 aromatic rings. The summed E-state index contributed by atoms with van der Waals surface area (Å²) >= 11 is 0. The molecule has 1 aliphatic carbocycles. The number of aromatic nitrogens is 1. The maximum absolute atomic E-state index is 2.57. The number of hydrogen-bond acceptors (Lipinski definition) is 1.